The third-order valence-electron chi connectivity index (χ3n) is 5.81. The van der Waals surface area contributed by atoms with Gasteiger partial charge in [-0.15, -0.1) is 11.8 Å². The molecular weight excluding hydrogens is 456 g/mol. The molecule has 5 rings (SSSR count). The number of aromatic nitrogens is 1. The molecule has 6 nitrogen and oxygen atoms in total. The zero-order chi connectivity index (χ0) is 21.8. The summed E-state index contributed by atoms with van der Waals surface area (Å²) in [5.41, 5.74) is 0.396. The number of thiazole rings is 1. The first-order valence-corrected chi connectivity index (χ1v) is 11.7. The van der Waals surface area contributed by atoms with Gasteiger partial charge < -0.3 is 9.72 Å². The number of rotatable bonds is 3. The number of thioether (sulfide) groups is 1. The Labute approximate surface area is 191 Å². The number of hydrogen-bond donors (Lipinski definition) is 1. The highest BCUT2D eigenvalue weighted by molar-refractivity contribution is 7.99. The number of H-pyrrole nitrogens is 1. The Hall–Kier alpha value is -2.55. The number of nitrogens with one attached hydrogen (secondary N) is 1. The van der Waals surface area contributed by atoms with Crippen LogP contribution in [0.4, 0.5) is 5.69 Å². The van der Waals surface area contributed by atoms with E-state index in [4.69, 9.17) is 16.3 Å². The fourth-order valence-corrected chi connectivity index (χ4v) is 7.06. The van der Waals surface area contributed by atoms with Crippen molar-refractivity contribution in [3.63, 3.8) is 0 Å². The molecule has 158 valence electrons. The first kappa shape index (κ1) is 20.4. The lowest BCUT2D eigenvalue weighted by Gasteiger charge is -2.38. The second-order valence-corrected chi connectivity index (χ2v) is 9.98. The van der Waals surface area contributed by atoms with Crippen LogP contribution in [0, 0.1) is 5.41 Å². The summed E-state index contributed by atoms with van der Waals surface area (Å²) in [6.07, 6.45) is 0.0731. The summed E-state index contributed by atoms with van der Waals surface area (Å²) in [7, 11) is 1.59. The second-order valence-electron chi connectivity index (χ2n) is 7.55. The molecule has 0 radical (unpaired) electrons. The number of anilines is 1. The van der Waals surface area contributed by atoms with Crippen LogP contribution in [0.2, 0.25) is 5.02 Å². The number of methoxy groups -OCH3 is 1. The smallest absolute Gasteiger partial charge is 0.305 e. The molecule has 9 heteroatoms. The van der Waals surface area contributed by atoms with E-state index in [1.54, 1.807) is 31.4 Å². The molecule has 0 unspecified atom stereocenters. The van der Waals surface area contributed by atoms with Gasteiger partial charge in [-0.2, -0.15) is 0 Å². The first-order valence-electron chi connectivity index (χ1n) is 9.56. The monoisotopic (exact) mass is 472 g/mol. The van der Waals surface area contributed by atoms with Gasteiger partial charge in [-0.1, -0.05) is 35.1 Å². The fourth-order valence-electron chi connectivity index (χ4n) is 4.38. The molecule has 1 aromatic heterocycles. The van der Waals surface area contributed by atoms with E-state index in [0.717, 1.165) is 26.8 Å². The number of fused-ring (bicyclic) bond motifs is 1. The van der Waals surface area contributed by atoms with Gasteiger partial charge in [0.2, 0.25) is 11.8 Å². The molecule has 3 aromatic rings. The maximum Gasteiger partial charge on any atom is 0.305 e. The van der Waals surface area contributed by atoms with Crippen molar-refractivity contribution >= 4 is 52.2 Å². The van der Waals surface area contributed by atoms with Crippen LogP contribution < -0.4 is 14.5 Å². The fraction of sp³-hybridized carbons (Fsp3) is 0.227. The molecule has 31 heavy (non-hydrogen) atoms. The van der Waals surface area contributed by atoms with Crippen molar-refractivity contribution in [3.8, 4) is 5.75 Å². The number of imide groups is 1. The average molecular weight is 473 g/mol. The van der Waals surface area contributed by atoms with Crippen molar-refractivity contribution in [3.05, 3.63) is 73.7 Å². The Bertz CT molecular complexity index is 1240. The SMILES string of the molecule is COc1ccc([C@@H]2c3sc(=O)[nH]c3SC[C@]23CC(=O)N(c2ccc(Cl)cc2)C3=O)cc1. The molecule has 2 aliphatic heterocycles. The van der Waals surface area contributed by atoms with Crippen molar-refractivity contribution in [1.82, 2.24) is 4.98 Å². The van der Waals surface area contributed by atoms with E-state index in [1.807, 2.05) is 24.3 Å². The van der Waals surface area contributed by atoms with Gasteiger partial charge in [-0.3, -0.25) is 14.4 Å². The summed E-state index contributed by atoms with van der Waals surface area (Å²) in [4.78, 5) is 43.9. The minimum Gasteiger partial charge on any atom is -0.497 e. The molecule has 1 spiro atoms. The Morgan fingerprint density at radius 2 is 1.81 bits per heavy atom. The molecule has 1 saturated heterocycles. The summed E-state index contributed by atoms with van der Waals surface area (Å²) in [5, 5.41) is 1.30. The Kier molecular flexibility index (Phi) is 4.96. The van der Waals surface area contributed by atoms with E-state index in [1.165, 1.54) is 16.7 Å². The van der Waals surface area contributed by atoms with Crippen LogP contribution in [0.5, 0.6) is 5.75 Å². The Morgan fingerprint density at radius 3 is 2.48 bits per heavy atom. The van der Waals surface area contributed by atoms with Gasteiger partial charge in [0.15, 0.2) is 0 Å². The van der Waals surface area contributed by atoms with Crippen molar-refractivity contribution in [1.29, 1.82) is 0 Å². The number of halogens is 1. The maximum atomic E-state index is 13.9. The van der Waals surface area contributed by atoms with E-state index in [0.29, 0.717) is 22.2 Å². The number of amides is 2. The highest BCUT2D eigenvalue weighted by atomic mass is 35.5. The summed E-state index contributed by atoms with van der Waals surface area (Å²) >= 11 is 8.52. The molecule has 2 amide bonds. The molecular formula is C22H17ClN2O4S2. The van der Waals surface area contributed by atoms with Crippen LogP contribution in [-0.4, -0.2) is 29.7 Å². The van der Waals surface area contributed by atoms with Crippen LogP contribution in [0.25, 0.3) is 0 Å². The molecule has 0 bridgehead atoms. The second kappa shape index (κ2) is 7.55. The minimum absolute atomic E-state index is 0.0731. The molecule has 2 atom stereocenters. The van der Waals surface area contributed by atoms with E-state index >= 15 is 0 Å². The van der Waals surface area contributed by atoms with Crippen LogP contribution in [0.15, 0.2) is 58.4 Å². The lowest BCUT2D eigenvalue weighted by Crippen LogP contribution is -2.43. The van der Waals surface area contributed by atoms with Gasteiger partial charge in [-0.25, -0.2) is 4.90 Å². The highest BCUT2D eigenvalue weighted by Crippen LogP contribution is 2.57. The zero-order valence-electron chi connectivity index (χ0n) is 16.4. The highest BCUT2D eigenvalue weighted by Gasteiger charge is 2.59. The van der Waals surface area contributed by atoms with Gasteiger partial charge in [0, 0.05) is 28.0 Å². The van der Waals surface area contributed by atoms with Crippen LogP contribution >= 0.6 is 34.7 Å². The Morgan fingerprint density at radius 1 is 1.10 bits per heavy atom. The predicted molar refractivity (Wildman–Crippen MR) is 121 cm³/mol. The topological polar surface area (TPSA) is 79.5 Å². The standard InChI is InChI=1S/C22H17ClN2O4S2/c1-29-15-8-2-12(3-9-15)17-18-19(24-21(28)31-18)30-11-22(17)10-16(26)25(20(22)27)14-6-4-13(23)5-7-14/h2-9,17H,10-11H2,1H3,(H,24,28)/t17-,22-/m1/s1. The van der Waals surface area contributed by atoms with Crippen LogP contribution in [0.3, 0.4) is 0 Å². The molecule has 2 aromatic carbocycles. The summed E-state index contributed by atoms with van der Waals surface area (Å²) in [6, 6.07) is 14.1. The van der Waals surface area contributed by atoms with Crippen molar-refractivity contribution in [2.45, 2.75) is 17.4 Å². The quantitative estimate of drug-likeness (QED) is 0.575. The van der Waals surface area contributed by atoms with E-state index in [2.05, 4.69) is 4.98 Å². The van der Waals surface area contributed by atoms with Crippen LogP contribution in [0.1, 0.15) is 22.8 Å². The molecule has 0 saturated carbocycles. The van der Waals surface area contributed by atoms with E-state index < -0.39 is 11.3 Å². The number of carbonyl (C=O) groups excluding carboxylic acids is 2. The van der Waals surface area contributed by atoms with Crippen molar-refractivity contribution < 1.29 is 14.3 Å². The lowest BCUT2D eigenvalue weighted by molar-refractivity contribution is -0.125. The zero-order valence-corrected chi connectivity index (χ0v) is 18.8. The van der Waals surface area contributed by atoms with E-state index in [9.17, 15) is 14.4 Å². The van der Waals surface area contributed by atoms with Gasteiger partial charge in [0.1, 0.15) is 5.75 Å². The number of ether oxygens (including phenoxy) is 1. The minimum atomic E-state index is -0.978. The summed E-state index contributed by atoms with van der Waals surface area (Å²) in [5.74, 6) is 0.185. The predicted octanol–water partition coefficient (Wildman–Crippen LogP) is 4.29. The van der Waals surface area contributed by atoms with Crippen molar-refractivity contribution in [2.75, 3.05) is 17.8 Å². The molecule has 3 heterocycles. The number of nitrogens with zero attached hydrogens (tertiary/aromatic N) is 1. The third-order valence-corrected chi connectivity index (χ3v) is 8.41. The van der Waals surface area contributed by atoms with E-state index in [-0.39, 0.29) is 23.1 Å². The summed E-state index contributed by atoms with van der Waals surface area (Å²) in [6.45, 7) is 0. The summed E-state index contributed by atoms with van der Waals surface area (Å²) < 4.78 is 5.27. The van der Waals surface area contributed by atoms with Crippen LogP contribution in [-0.2, 0) is 9.59 Å². The number of aromatic amines is 1. The van der Waals surface area contributed by atoms with Gasteiger partial charge in [0.25, 0.3) is 0 Å². The third kappa shape index (κ3) is 3.21. The van der Waals surface area contributed by atoms with Gasteiger partial charge in [0.05, 0.1) is 23.2 Å². The first-order chi connectivity index (χ1) is 14.9. The van der Waals surface area contributed by atoms with Gasteiger partial charge in [-0.05, 0) is 42.0 Å². The lowest BCUT2D eigenvalue weighted by atomic mass is 9.71. The largest absolute Gasteiger partial charge is 0.497 e. The Balaban J connectivity index is 1.65. The molecule has 1 fully saturated rings. The normalized spacial score (nSPS) is 22.8. The van der Waals surface area contributed by atoms with Crippen molar-refractivity contribution in [2.24, 2.45) is 5.41 Å². The number of carbonyl (C=O) groups is 2. The average Bonchev–Trinajstić information content (AvgIpc) is 3.25. The molecule has 2 aliphatic rings. The molecule has 1 N–H and O–H groups in total. The number of hydrogen-bond acceptors (Lipinski definition) is 6. The maximum absolute atomic E-state index is 13.9. The van der Waals surface area contributed by atoms with Gasteiger partial charge >= 0.3 is 4.87 Å². The number of benzene rings is 2. The molecule has 0 aliphatic carbocycles.